The van der Waals surface area contributed by atoms with Gasteiger partial charge in [0.25, 0.3) is 0 Å². The Kier molecular flexibility index (Phi) is 4.94. The van der Waals surface area contributed by atoms with Crippen LogP contribution in [0.5, 0.6) is 0 Å². The van der Waals surface area contributed by atoms with Crippen molar-refractivity contribution < 1.29 is 10.1 Å². The molecule has 3 heteroatoms. The molecule has 0 aliphatic rings. The highest BCUT2D eigenvalue weighted by Gasteiger charge is 2.12. The van der Waals surface area contributed by atoms with Crippen LogP contribution in [0.25, 0.3) is 21.5 Å². The molecule has 0 atom stereocenters. The molecule has 0 saturated heterocycles. The molecule has 0 aliphatic carbocycles. The first kappa shape index (κ1) is 15.3. The standard InChI is InChI=1S/C19H20ClNO/c1-22-12-6-11-21-13-18-14-7-2-4-9-16(14)19(20)17-10-5-3-8-15(17)18/h2-5,7-10,21H,6,11-13H2,1H3/p+1. The molecule has 0 unspecified atom stereocenters. The lowest BCUT2D eigenvalue weighted by Crippen LogP contribution is -2.82. The third-order valence-corrected chi connectivity index (χ3v) is 4.49. The van der Waals surface area contributed by atoms with Crippen molar-refractivity contribution in [3.05, 3.63) is 59.1 Å². The fourth-order valence-corrected chi connectivity index (χ4v) is 3.33. The maximum Gasteiger partial charge on any atom is 0.102 e. The van der Waals surface area contributed by atoms with Crippen molar-refractivity contribution in [2.75, 3.05) is 20.3 Å². The fraction of sp³-hybridized carbons (Fsp3) is 0.263. The highest BCUT2D eigenvalue weighted by Crippen LogP contribution is 2.35. The second-order valence-electron chi connectivity index (χ2n) is 5.51. The molecule has 0 radical (unpaired) electrons. The van der Waals surface area contributed by atoms with Crippen LogP contribution in [-0.4, -0.2) is 20.3 Å². The van der Waals surface area contributed by atoms with Gasteiger partial charge in [-0.1, -0.05) is 60.1 Å². The molecule has 22 heavy (non-hydrogen) atoms. The van der Waals surface area contributed by atoms with Crippen molar-refractivity contribution in [3.63, 3.8) is 0 Å². The van der Waals surface area contributed by atoms with Crippen molar-refractivity contribution >= 4 is 33.1 Å². The molecule has 0 spiro atoms. The summed E-state index contributed by atoms with van der Waals surface area (Å²) in [5.74, 6) is 0. The third kappa shape index (κ3) is 2.95. The van der Waals surface area contributed by atoms with Gasteiger partial charge in [-0.15, -0.1) is 0 Å². The number of hydrogen-bond acceptors (Lipinski definition) is 1. The van der Waals surface area contributed by atoms with E-state index < -0.39 is 0 Å². The van der Waals surface area contributed by atoms with E-state index in [9.17, 15) is 0 Å². The van der Waals surface area contributed by atoms with Crippen LogP contribution in [0.4, 0.5) is 0 Å². The summed E-state index contributed by atoms with van der Waals surface area (Å²) in [5, 5.41) is 8.00. The molecule has 2 N–H and O–H groups in total. The molecule has 0 amide bonds. The number of fused-ring (bicyclic) bond motifs is 2. The Morgan fingerprint density at radius 3 is 2.00 bits per heavy atom. The fourth-order valence-electron chi connectivity index (χ4n) is 3.00. The minimum absolute atomic E-state index is 0.818. The van der Waals surface area contributed by atoms with Crippen LogP contribution >= 0.6 is 11.6 Å². The Morgan fingerprint density at radius 1 is 0.909 bits per heavy atom. The lowest BCUT2D eigenvalue weighted by Gasteiger charge is -2.13. The predicted molar refractivity (Wildman–Crippen MR) is 93.5 cm³/mol. The number of ether oxygens (including phenoxy) is 1. The van der Waals surface area contributed by atoms with E-state index in [0.29, 0.717) is 0 Å². The molecule has 0 heterocycles. The lowest BCUT2D eigenvalue weighted by molar-refractivity contribution is -0.670. The number of hydrogen-bond donors (Lipinski definition) is 1. The van der Waals surface area contributed by atoms with E-state index in [4.69, 9.17) is 16.3 Å². The monoisotopic (exact) mass is 314 g/mol. The van der Waals surface area contributed by atoms with Crippen LogP contribution in [0.2, 0.25) is 5.02 Å². The SMILES string of the molecule is COCCC[NH2+]Cc1c2ccccc2c(Cl)c2ccccc12. The average Bonchev–Trinajstić information content (AvgIpc) is 2.57. The second kappa shape index (κ2) is 7.10. The smallest absolute Gasteiger partial charge is 0.102 e. The third-order valence-electron chi connectivity index (χ3n) is 4.08. The number of benzene rings is 3. The lowest BCUT2D eigenvalue weighted by atomic mass is 9.96. The molecule has 3 rings (SSSR count). The van der Waals surface area contributed by atoms with Crippen LogP contribution in [0.3, 0.4) is 0 Å². The summed E-state index contributed by atoms with van der Waals surface area (Å²) in [6.07, 6.45) is 1.07. The minimum atomic E-state index is 0.818. The van der Waals surface area contributed by atoms with Crippen molar-refractivity contribution in [2.24, 2.45) is 0 Å². The van der Waals surface area contributed by atoms with E-state index in [1.54, 1.807) is 7.11 Å². The molecule has 0 saturated carbocycles. The van der Waals surface area contributed by atoms with E-state index in [-0.39, 0.29) is 0 Å². The molecule has 0 aliphatic heterocycles. The predicted octanol–water partition coefficient (Wildman–Crippen LogP) is 3.75. The Balaban J connectivity index is 2.03. The molecule has 0 bridgehead atoms. The van der Waals surface area contributed by atoms with Crippen molar-refractivity contribution in [3.8, 4) is 0 Å². The average molecular weight is 315 g/mol. The van der Waals surface area contributed by atoms with E-state index in [1.807, 2.05) is 0 Å². The first-order valence-corrected chi connectivity index (χ1v) is 8.09. The van der Waals surface area contributed by atoms with Gasteiger partial charge in [-0.3, -0.25) is 0 Å². The number of methoxy groups -OCH3 is 1. The Hall–Kier alpha value is -1.61. The van der Waals surface area contributed by atoms with Gasteiger partial charge in [0, 0.05) is 29.9 Å². The van der Waals surface area contributed by atoms with Gasteiger partial charge in [-0.05, 0) is 10.8 Å². The highest BCUT2D eigenvalue weighted by atomic mass is 35.5. The molecule has 0 aromatic heterocycles. The quantitative estimate of drug-likeness (QED) is 0.544. The van der Waals surface area contributed by atoms with Crippen LogP contribution in [0.15, 0.2) is 48.5 Å². The van der Waals surface area contributed by atoms with Crippen molar-refractivity contribution in [1.29, 1.82) is 0 Å². The van der Waals surface area contributed by atoms with Gasteiger partial charge in [-0.2, -0.15) is 0 Å². The van der Waals surface area contributed by atoms with Gasteiger partial charge in [-0.25, -0.2) is 0 Å². The Labute approximate surface area is 136 Å². The van der Waals surface area contributed by atoms with E-state index in [0.717, 1.165) is 41.9 Å². The van der Waals surface area contributed by atoms with Gasteiger partial charge in [0.05, 0.1) is 18.2 Å². The summed E-state index contributed by atoms with van der Waals surface area (Å²) in [4.78, 5) is 0. The summed E-state index contributed by atoms with van der Waals surface area (Å²) in [6, 6.07) is 16.8. The van der Waals surface area contributed by atoms with Crippen LogP contribution in [0.1, 0.15) is 12.0 Å². The number of rotatable bonds is 6. The largest absolute Gasteiger partial charge is 0.384 e. The minimum Gasteiger partial charge on any atom is -0.384 e. The molecule has 114 valence electrons. The van der Waals surface area contributed by atoms with Gasteiger partial charge in [0.1, 0.15) is 6.54 Å². The number of quaternary nitrogens is 1. The molecule has 2 nitrogen and oxygen atoms in total. The highest BCUT2D eigenvalue weighted by molar-refractivity contribution is 6.41. The first-order chi connectivity index (χ1) is 10.8. The zero-order valence-corrected chi connectivity index (χ0v) is 13.6. The normalized spacial score (nSPS) is 11.4. The maximum atomic E-state index is 6.62. The summed E-state index contributed by atoms with van der Waals surface area (Å²) >= 11 is 6.62. The van der Waals surface area contributed by atoms with E-state index >= 15 is 0 Å². The van der Waals surface area contributed by atoms with Gasteiger partial charge in [0.15, 0.2) is 0 Å². The van der Waals surface area contributed by atoms with Gasteiger partial charge < -0.3 is 10.1 Å². The molecular weight excluding hydrogens is 294 g/mol. The Morgan fingerprint density at radius 2 is 1.45 bits per heavy atom. The topological polar surface area (TPSA) is 25.8 Å². The van der Waals surface area contributed by atoms with Crippen molar-refractivity contribution in [1.82, 2.24) is 0 Å². The van der Waals surface area contributed by atoms with E-state index in [2.05, 4.69) is 53.8 Å². The summed E-state index contributed by atoms with van der Waals surface area (Å²) in [6.45, 7) is 2.85. The van der Waals surface area contributed by atoms with Crippen LogP contribution < -0.4 is 5.32 Å². The molecule has 3 aromatic rings. The summed E-state index contributed by atoms with van der Waals surface area (Å²) in [7, 11) is 1.75. The first-order valence-electron chi connectivity index (χ1n) is 7.71. The van der Waals surface area contributed by atoms with E-state index in [1.165, 1.54) is 16.3 Å². The van der Waals surface area contributed by atoms with Crippen molar-refractivity contribution in [2.45, 2.75) is 13.0 Å². The van der Waals surface area contributed by atoms with Crippen LogP contribution in [-0.2, 0) is 11.3 Å². The molecule has 0 fully saturated rings. The maximum absolute atomic E-state index is 6.62. The summed E-state index contributed by atoms with van der Waals surface area (Å²) in [5.41, 5.74) is 1.37. The van der Waals surface area contributed by atoms with Gasteiger partial charge in [0.2, 0.25) is 0 Å². The molecular formula is C19H21ClNO+. The van der Waals surface area contributed by atoms with Crippen LogP contribution in [0, 0.1) is 0 Å². The Bertz CT molecular complexity index is 728. The zero-order valence-electron chi connectivity index (χ0n) is 12.8. The number of halogens is 1. The second-order valence-corrected chi connectivity index (χ2v) is 5.89. The number of nitrogens with two attached hydrogens (primary N) is 1. The summed E-state index contributed by atoms with van der Waals surface area (Å²) < 4.78 is 5.11. The molecule has 3 aromatic carbocycles. The zero-order chi connectivity index (χ0) is 15.4. The van der Waals surface area contributed by atoms with Gasteiger partial charge >= 0.3 is 0 Å².